The van der Waals surface area contributed by atoms with Crippen LogP contribution in [0, 0.1) is 6.92 Å². The molecule has 3 N–H and O–H groups in total. The summed E-state index contributed by atoms with van der Waals surface area (Å²) >= 11 is 1.52. The van der Waals surface area contributed by atoms with Crippen molar-refractivity contribution in [2.24, 2.45) is 0 Å². The standard InChI is InChI=1S/C24H25N3O3S/c1-16-7-3-4-8-19(16)20-9-5-6-10-21(20)23(28)27-22(24(29)30)13-18(31-2)12-11-17-14-25-15-26-17/h3-12,14-15,18,22H,13H2,1-2H3,(H,25,26)(H,27,28)(H,29,30). The number of nitrogens with one attached hydrogen (secondary N) is 2. The van der Waals surface area contributed by atoms with Gasteiger partial charge < -0.3 is 15.4 Å². The predicted octanol–water partition coefficient (Wildman–Crippen LogP) is 4.40. The lowest BCUT2D eigenvalue weighted by Crippen LogP contribution is -2.42. The van der Waals surface area contributed by atoms with Crippen LogP contribution in [0.3, 0.4) is 0 Å². The number of imidazole rings is 1. The Kier molecular flexibility index (Phi) is 7.67. The number of carboxylic acids is 1. The number of aromatic amines is 1. The van der Waals surface area contributed by atoms with Crippen molar-refractivity contribution in [3.05, 3.63) is 84.0 Å². The van der Waals surface area contributed by atoms with Gasteiger partial charge in [0.05, 0.1) is 12.0 Å². The molecule has 0 saturated carbocycles. The second-order valence-corrected chi connectivity index (χ2v) is 8.16. The molecule has 2 aromatic carbocycles. The zero-order chi connectivity index (χ0) is 22.2. The summed E-state index contributed by atoms with van der Waals surface area (Å²) in [6.45, 7) is 1.98. The number of benzene rings is 2. The molecule has 6 nitrogen and oxygen atoms in total. The number of thioether (sulfide) groups is 1. The maximum absolute atomic E-state index is 13.1. The van der Waals surface area contributed by atoms with E-state index in [0.29, 0.717) is 5.56 Å². The molecule has 0 spiro atoms. The summed E-state index contributed by atoms with van der Waals surface area (Å²) in [7, 11) is 0. The van der Waals surface area contributed by atoms with Gasteiger partial charge in [0, 0.05) is 17.0 Å². The minimum absolute atomic E-state index is 0.0929. The number of hydrogen-bond donors (Lipinski definition) is 3. The second-order valence-electron chi connectivity index (χ2n) is 7.09. The van der Waals surface area contributed by atoms with E-state index in [2.05, 4.69) is 15.3 Å². The number of aliphatic carboxylic acids is 1. The SMILES string of the molecule is CSC(C=Cc1c[nH]cn1)CC(NC(=O)c1ccccc1-c1ccccc1C)C(=O)O. The second kappa shape index (κ2) is 10.6. The Morgan fingerprint density at radius 3 is 2.52 bits per heavy atom. The van der Waals surface area contributed by atoms with Gasteiger partial charge in [-0.1, -0.05) is 48.5 Å². The molecule has 160 valence electrons. The topological polar surface area (TPSA) is 95.1 Å². The molecule has 2 atom stereocenters. The van der Waals surface area contributed by atoms with Gasteiger partial charge in [0.25, 0.3) is 5.91 Å². The molecule has 0 aliphatic carbocycles. The molecule has 1 amide bonds. The first-order chi connectivity index (χ1) is 15.0. The highest BCUT2D eigenvalue weighted by molar-refractivity contribution is 7.99. The highest BCUT2D eigenvalue weighted by Gasteiger charge is 2.25. The van der Waals surface area contributed by atoms with E-state index in [0.717, 1.165) is 22.4 Å². The number of H-pyrrole nitrogens is 1. The van der Waals surface area contributed by atoms with Crippen LogP contribution >= 0.6 is 11.8 Å². The van der Waals surface area contributed by atoms with Crippen LogP contribution < -0.4 is 5.32 Å². The third-order valence-corrected chi connectivity index (χ3v) is 5.94. The van der Waals surface area contributed by atoms with Gasteiger partial charge in [0.1, 0.15) is 6.04 Å². The molecule has 0 aliphatic heterocycles. The number of rotatable bonds is 9. The van der Waals surface area contributed by atoms with Gasteiger partial charge >= 0.3 is 5.97 Å². The lowest BCUT2D eigenvalue weighted by atomic mass is 9.95. The van der Waals surface area contributed by atoms with Crippen molar-refractivity contribution < 1.29 is 14.7 Å². The molecule has 1 aromatic heterocycles. The highest BCUT2D eigenvalue weighted by atomic mass is 32.2. The molecule has 1 heterocycles. The first-order valence-corrected chi connectivity index (χ1v) is 11.2. The van der Waals surface area contributed by atoms with Crippen molar-refractivity contribution in [1.29, 1.82) is 0 Å². The van der Waals surface area contributed by atoms with Gasteiger partial charge in [-0.15, -0.1) is 0 Å². The van der Waals surface area contributed by atoms with Crippen molar-refractivity contribution in [2.45, 2.75) is 24.6 Å². The average Bonchev–Trinajstić information content (AvgIpc) is 3.29. The first kappa shape index (κ1) is 22.4. The first-order valence-electron chi connectivity index (χ1n) is 9.88. The fourth-order valence-electron chi connectivity index (χ4n) is 3.30. The van der Waals surface area contributed by atoms with Crippen LogP contribution in [-0.4, -0.2) is 44.5 Å². The number of aromatic nitrogens is 2. The van der Waals surface area contributed by atoms with Crippen molar-refractivity contribution >= 4 is 29.7 Å². The van der Waals surface area contributed by atoms with Gasteiger partial charge in [-0.3, -0.25) is 4.79 Å². The summed E-state index contributed by atoms with van der Waals surface area (Å²) in [5.74, 6) is -1.46. The summed E-state index contributed by atoms with van der Waals surface area (Å²) in [6.07, 6.45) is 9.26. The molecule has 0 radical (unpaired) electrons. The van der Waals surface area contributed by atoms with Gasteiger partial charge in [0.15, 0.2) is 0 Å². The number of amides is 1. The van der Waals surface area contributed by atoms with E-state index in [9.17, 15) is 14.7 Å². The Morgan fingerprint density at radius 1 is 1.16 bits per heavy atom. The van der Waals surface area contributed by atoms with Crippen LogP contribution in [0.1, 0.15) is 28.0 Å². The molecule has 2 unspecified atom stereocenters. The summed E-state index contributed by atoms with van der Waals surface area (Å²) in [5, 5.41) is 12.4. The summed E-state index contributed by atoms with van der Waals surface area (Å²) < 4.78 is 0. The fraction of sp³-hybridized carbons (Fsp3) is 0.208. The van der Waals surface area contributed by atoms with E-state index >= 15 is 0 Å². The fourth-order valence-corrected chi connectivity index (χ4v) is 3.92. The number of carbonyl (C=O) groups excluding carboxylic acids is 1. The molecule has 3 aromatic rings. The van der Waals surface area contributed by atoms with Gasteiger partial charge in [0.2, 0.25) is 0 Å². The van der Waals surface area contributed by atoms with Crippen molar-refractivity contribution in [1.82, 2.24) is 15.3 Å². The largest absolute Gasteiger partial charge is 0.480 e. The van der Waals surface area contributed by atoms with Gasteiger partial charge in [-0.25, -0.2) is 9.78 Å². The maximum atomic E-state index is 13.1. The number of nitrogens with zero attached hydrogens (tertiary/aromatic N) is 1. The summed E-state index contributed by atoms with van der Waals surface area (Å²) in [5.41, 5.74) is 3.99. The van der Waals surface area contributed by atoms with Crippen molar-refractivity contribution in [2.75, 3.05) is 6.26 Å². The van der Waals surface area contributed by atoms with Gasteiger partial charge in [-0.05, 0) is 48.4 Å². The average molecular weight is 436 g/mol. The van der Waals surface area contributed by atoms with Crippen molar-refractivity contribution in [3.63, 3.8) is 0 Å². The number of hydrogen-bond acceptors (Lipinski definition) is 4. The molecular weight excluding hydrogens is 410 g/mol. The molecule has 0 aliphatic rings. The zero-order valence-corrected chi connectivity index (χ0v) is 18.2. The molecule has 7 heteroatoms. The van der Waals surface area contributed by atoms with Crippen molar-refractivity contribution in [3.8, 4) is 11.1 Å². The molecule has 31 heavy (non-hydrogen) atoms. The van der Waals surface area contributed by atoms with Crippen LogP contribution in [0.25, 0.3) is 17.2 Å². The Morgan fingerprint density at radius 2 is 1.87 bits per heavy atom. The predicted molar refractivity (Wildman–Crippen MR) is 125 cm³/mol. The smallest absolute Gasteiger partial charge is 0.326 e. The third-order valence-electron chi connectivity index (χ3n) is 4.98. The van der Waals surface area contributed by atoms with Crippen LogP contribution in [0.4, 0.5) is 0 Å². The number of carbonyl (C=O) groups is 2. The quantitative estimate of drug-likeness (QED) is 0.463. The molecular formula is C24H25N3O3S. The molecule has 3 rings (SSSR count). The highest BCUT2D eigenvalue weighted by Crippen LogP contribution is 2.27. The molecule has 0 fully saturated rings. The maximum Gasteiger partial charge on any atom is 0.326 e. The van der Waals surface area contributed by atoms with E-state index in [-0.39, 0.29) is 11.7 Å². The molecule has 0 saturated heterocycles. The van der Waals surface area contributed by atoms with Crippen LogP contribution in [0.2, 0.25) is 0 Å². The van der Waals surface area contributed by atoms with E-state index in [4.69, 9.17) is 0 Å². The third kappa shape index (κ3) is 5.86. The Labute approximate surface area is 185 Å². The summed E-state index contributed by atoms with van der Waals surface area (Å²) in [6, 6.07) is 14.1. The molecule has 0 bridgehead atoms. The van der Waals surface area contributed by atoms with E-state index < -0.39 is 17.9 Å². The van der Waals surface area contributed by atoms with Crippen LogP contribution in [-0.2, 0) is 4.79 Å². The van der Waals surface area contributed by atoms with E-state index in [1.54, 1.807) is 24.7 Å². The minimum atomic E-state index is -1.06. The number of aryl methyl sites for hydroxylation is 1. The lowest BCUT2D eigenvalue weighted by molar-refractivity contribution is -0.139. The number of carboxylic acid groups (broad SMARTS) is 1. The Balaban J connectivity index is 1.79. The van der Waals surface area contributed by atoms with E-state index in [1.807, 2.05) is 61.7 Å². The monoisotopic (exact) mass is 435 g/mol. The summed E-state index contributed by atoms with van der Waals surface area (Å²) in [4.78, 5) is 32.0. The van der Waals surface area contributed by atoms with Crippen LogP contribution in [0.15, 0.2) is 67.1 Å². The zero-order valence-electron chi connectivity index (χ0n) is 17.4. The Hall–Kier alpha value is -3.32. The Bertz CT molecular complexity index is 1060. The lowest BCUT2D eigenvalue weighted by Gasteiger charge is -2.19. The normalized spacial score (nSPS) is 13.1. The van der Waals surface area contributed by atoms with E-state index in [1.165, 1.54) is 11.8 Å². The van der Waals surface area contributed by atoms with Crippen LogP contribution in [0.5, 0.6) is 0 Å². The van der Waals surface area contributed by atoms with Gasteiger partial charge in [-0.2, -0.15) is 11.8 Å². The minimum Gasteiger partial charge on any atom is -0.480 e.